The zero-order valence-corrected chi connectivity index (χ0v) is 15.3. The summed E-state index contributed by atoms with van der Waals surface area (Å²) in [7, 11) is 0. The molecule has 0 saturated carbocycles. The van der Waals surface area contributed by atoms with Gasteiger partial charge < -0.3 is 10.1 Å². The molecule has 6 heteroatoms. The molecule has 1 aromatic heterocycles. The van der Waals surface area contributed by atoms with E-state index in [2.05, 4.69) is 5.32 Å². The van der Waals surface area contributed by atoms with E-state index in [1.165, 1.54) is 12.1 Å². The van der Waals surface area contributed by atoms with E-state index in [0.29, 0.717) is 11.3 Å². The van der Waals surface area contributed by atoms with Crippen LogP contribution in [0.5, 0.6) is 0 Å². The second-order valence-electron chi connectivity index (χ2n) is 6.45. The highest BCUT2D eigenvalue weighted by Gasteiger charge is 2.37. The predicted molar refractivity (Wildman–Crippen MR) is 102 cm³/mol. The molecule has 27 heavy (non-hydrogen) atoms. The van der Waals surface area contributed by atoms with E-state index in [9.17, 15) is 9.18 Å². The van der Waals surface area contributed by atoms with Crippen molar-refractivity contribution in [1.82, 2.24) is 0 Å². The Morgan fingerprint density at radius 1 is 1.22 bits per heavy atom. The molecule has 0 saturated heterocycles. The maximum absolute atomic E-state index is 13.9. The number of anilines is 1. The van der Waals surface area contributed by atoms with Gasteiger partial charge in [-0.1, -0.05) is 12.1 Å². The summed E-state index contributed by atoms with van der Waals surface area (Å²) in [5, 5.41) is 13.9. The topological polar surface area (TPSA) is 62.1 Å². The number of rotatable bonds is 2. The molecular weight excluding hydrogens is 363 g/mol. The Balaban J connectivity index is 1.91. The minimum atomic E-state index is -0.815. The molecule has 0 spiro atoms. The smallest absolute Gasteiger partial charge is 0.250 e. The Morgan fingerprint density at radius 2 is 2.07 bits per heavy atom. The number of amides is 1. The van der Waals surface area contributed by atoms with Crippen LogP contribution in [0.2, 0.25) is 0 Å². The minimum Gasteiger partial charge on any atom is -0.355 e. The Hall–Kier alpha value is -3.01. The standard InChI is InChI=1S/C21H15FN2O2S/c1-21(19-3-2-6-27-19)17-10-14(4-5-18(17)24-20(25)12-26-21)15-7-13(11-23)8-16(22)9-15/h2-10H,12H2,1H3,(H,24,25). The molecule has 1 unspecified atom stereocenters. The first-order valence-electron chi connectivity index (χ1n) is 8.33. The van der Waals surface area contributed by atoms with Gasteiger partial charge in [0.25, 0.3) is 0 Å². The first-order chi connectivity index (χ1) is 13.0. The second kappa shape index (κ2) is 6.62. The summed E-state index contributed by atoms with van der Waals surface area (Å²) in [5.74, 6) is -0.689. The van der Waals surface area contributed by atoms with Crippen molar-refractivity contribution in [1.29, 1.82) is 5.26 Å². The fourth-order valence-electron chi connectivity index (χ4n) is 3.28. The van der Waals surface area contributed by atoms with Crippen molar-refractivity contribution < 1.29 is 13.9 Å². The fourth-order valence-corrected chi connectivity index (χ4v) is 4.13. The monoisotopic (exact) mass is 378 g/mol. The number of hydrogen-bond donors (Lipinski definition) is 1. The van der Waals surface area contributed by atoms with Crippen LogP contribution in [0.4, 0.5) is 10.1 Å². The van der Waals surface area contributed by atoms with E-state index in [1.807, 2.05) is 36.6 Å². The Labute approximate surface area is 159 Å². The van der Waals surface area contributed by atoms with Crippen molar-refractivity contribution in [2.24, 2.45) is 0 Å². The van der Waals surface area contributed by atoms with Gasteiger partial charge in [0.2, 0.25) is 5.91 Å². The van der Waals surface area contributed by atoms with E-state index >= 15 is 0 Å². The lowest BCUT2D eigenvalue weighted by molar-refractivity contribution is -0.124. The van der Waals surface area contributed by atoms with E-state index in [4.69, 9.17) is 10.00 Å². The first-order valence-corrected chi connectivity index (χ1v) is 9.21. The number of carbonyl (C=O) groups is 1. The lowest BCUT2D eigenvalue weighted by atomic mass is 9.89. The van der Waals surface area contributed by atoms with Crippen molar-refractivity contribution >= 4 is 22.9 Å². The van der Waals surface area contributed by atoms with Crippen molar-refractivity contribution in [3.8, 4) is 17.2 Å². The van der Waals surface area contributed by atoms with E-state index < -0.39 is 11.4 Å². The van der Waals surface area contributed by atoms with E-state index in [-0.39, 0.29) is 18.1 Å². The van der Waals surface area contributed by atoms with Crippen molar-refractivity contribution in [2.45, 2.75) is 12.5 Å². The number of ether oxygens (including phenoxy) is 1. The molecule has 1 aliphatic rings. The fraction of sp³-hybridized carbons (Fsp3) is 0.143. The average Bonchev–Trinajstić information content (AvgIpc) is 3.17. The molecule has 2 heterocycles. The zero-order valence-electron chi connectivity index (χ0n) is 14.5. The molecule has 1 aliphatic heterocycles. The van der Waals surface area contributed by atoms with Crippen molar-refractivity contribution in [2.75, 3.05) is 11.9 Å². The van der Waals surface area contributed by atoms with Crippen LogP contribution in [0.1, 0.15) is 22.9 Å². The maximum Gasteiger partial charge on any atom is 0.250 e. The number of benzene rings is 2. The number of thiophene rings is 1. The summed E-state index contributed by atoms with van der Waals surface area (Å²) >= 11 is 1.55. The molecule has 134 valence electrons. The van der Waals surface area contributed by atoms with Crippen LogP contribution in [-0.2, 0) is 15.1 Å². The third kappa shape index (κ3) is 3.12. The zero-order chi connectivity index (χ0) is 19.0. The van der Waals surface area contributed by atoms with Crippen LogP contribution in [-0.4, -0.2) is 12.5 Å². The molecule has 3 aromatic rings. The molecule has 0 bridgehead atoms. The van der Waals surface area contributed by atoms with Gasteiger partial charge in [0.1, 0.15) is 18.0 Å². The number of hydrogen-bond acceptors (Lipinski definition) is 4. The highest BCUT2D eigenvalue weighted by atomic mass is 32.1. The molecular formula is C21H15FN2O2S. The van der Waals surface area contributed by atoms with Gasteiger partial charge in [-0.15, -0.1) is 11.3 Å². The SMILES string of the molecule is CC1(c2cccs2)OCC(=O)Nc2ccc(-c3cc(F)cc(C#N)c3)cc21. The van der Waals surface area contributed by atoms with E-state index in [1.54, 1.807) is 29.5 Å². The number of nitrogens with one attached hydrogen (secondary N) is 1. The summed E-state index contributed by atoms with van der Waals surface area (Å²) < 4.78 is 19.9. The summed E-state index contributed by atoms with van der Waals surface area (Å²) in [6.07, 6.45) is 0. The predicted octanol–water partition coefficient (Wildman–Crippen LogP) is 4.66. The van der Waals surface area contributed by atoms with Gasteiger partial charge in [-0.25, -0.2) is 4.39 Å². The van der Waals surface area contributed by atoms with Crippen LogP contribution in [0.3, 0.4) is 0 Å². The highest BCUT2D eigenvalue weighted by Crippen LogP contribution is 2.42. The maximum atomic E-state index is 13.9. The third-order valence-electron chi connectivity index (χ3n) is 4.65. The molecule has 0 aliphatic carbocycles. The number of halogens is 1. The minimum absolute atomic E-state index is 0.0586. The molecule has 1 N–H and O–H groups in total. The summed E-state index contributed by atoms with van der Waals surface area (Å²) in [4.78, 5) is 13.0. The van der Waals surface area contributed by atoms with Crippen molar-refractivity contribution in [3.63, 3.8) is 0 Å². The molecule has 4 nitrogen and oxygen atoms in total. The van der Waals surface area contributed by atoms with Gasteiger partial charge in [-0.05, 0) is 59.8 Å². The Kier molecular flexibility index (Phi) is 4.27. The van der Waals surface area contributed by atoms with Crippen molar-refractivity contribution in [3.05, 3.63) is 75.7 Å². The van der Waals surface area contributed by atoms with Gasteiger partial charge in [-0.2, -0.15) is 5.26 Å². The summed E-state index contributed by atoms with van der Waals surface area (Å²) in [6.45, 7) is 1.87. The first kappa shape index (κ1) is 17.4. The van der Waals surface area contributed by atoms with Crippen LogP contribution < -0.4 is 5.32 Å². The largest absolute Gasteiger partial charge is 0.355 e. The number of carbonyl (C=O) groups excluding carboxylic acids is 1. The summed E-state index contributed by atoms with van der Waals surface area (Å²) in [5.41, 5.74) is 2.23. The summed E-state index contributed by atoms with van der Waals surface area (Å²) in [6, 6.07) is 15.6. The molecule has 1 atom stereocenters. The van der Waals surface area contributed by atoms with Crippen LogP contribution in [0.15, 0.2) is 53.9 Å². The quantitative estimate of drug-likeness (QED) is 0.706. The third-order valence-corrected chi connectivity index (χ3v) is 5.72. The number of nitriles is 1. The van der Waals surface area contributed by atoms with E-state index in [0.717, 1.165) is 16.0 Å². The number of fused-ring (bicyclic) bond motifs is 1. The Morgan fingerprint density at radius 3 is 2.81 bits per heavy atom. The van der Waals surface area contributed by atoms with Crippen LogP contribution >= 0.6 is 11.3 Å². The van der Waals surface area contributed by atoms with Crippen LogP contribution in [0.25, 0.3) is 11.1 Å². The van der Waals surface area contributed by atoms with Gasteiger partial charge in [0.15, 0.2) is 0 Å². The molecule has 0 radical (unpaired) electrons. The highest BCUT2D eigenvalue weighted by molar-refractivity contribution is 7.10. The van der Waals surface area contributed by atoms with Crippen LogP contribution in [0, 0.1) is 17.1 Å². The second-order valence-corrected chi connectivity index (χ2v) is 7.40. The van der Waals surface area contributed by atoms with Gasteiger partial charge in [-0.3, -0.25) is 4.79 Å². The van der Waals surface area contributed by atoms with Gasteiger partial charge >= 0.3 is 0 Å². The van der Waals surface area contributed by atoms with Gasteiger partial charge in [0.05, 0.1) is 11.6 Å². The van der Waals surface area contributed by atoms with Gasteiger partial charge in [0, 0.05) is 16.1 Å². The normalized spacial score (nSPS) is 18.9. The molecule has 4 rings (SSSR count). The lowest BCUT2D eigenvalue weighted by Gasteiger charge is -2.29. The number of nitrogens with zero attached hydrogens (tertiary/aromatic N) is 1. The molecule has 1 amide bonds. The molecule has 0 fully saturated rings. The Bertz CT molecular complexity index is 1070. The average molecular weight is 378 g/mol. The molecule has 2 aromatic carbocycles. The lowest BCUT2D eigenvalue weighted by Crippen LogP contribution is -2.27.